The Morgan fingerprint density at radius 1 is 1.06 bits per heavy atom. The van der Waals surface area contributed by atoms with Crippen LogP contribution in [0.25, 0.3) is 0 Å². The number of aliphatic hydroxyl groups excluding tert-OH is 2. The Labute approximate surface area is 110 Å². The Morgan fingerprint density at radius 2 is 1.72 bits per heavy atom. The molecule has 2 aliphatic heterocycles. The van der Waals surface area contributed by atoms with E-state index in [1.54, 1.807) is 0 Å². The lowest BCUT2D eigenvalue weighted by Gasteiger charge is -2.50. The third-order valence-electron chi connectivity index (χ3n) is 5.92. The van der Waals surface area contributed by atoms with Gasteiger partial charge in [0.2, 0.25) is 0 Å². The number of rotatable bonds is 0. The zero-order valence-electron chi connectivity index (χ0n) is 11.9. The molecule has 4 fully saturated rings. The Balaban J connectivity index is 2.05. The molecule has 2 saturated carbocycles. The van der Waals surface area contributed by atoms with Crippen LogP contribution in [0.1, 0.15) is 47.0 Å². The van der Waals surface area contributed by atoms with Crippen LogP contribution in [0.15, 0.2) is 0 Å². The second-order valence-electron chi connectivity index (χ2n) is 7.60. The van der Waals surface area contributed by atoms with E-state index in [4.69, 9.17) is 4.74 Å². The van der Waals surface area contributed by atoms with Crippen LogP contribution in [0, 0.1) is 23.7 Å². The maximum atomic E-state index is 10.4. The Kier molecular flexibility index (Phi) is 2.66. The average Bonchev–Trinajstić information content (AvgIpc) is 2.35. The normalized spacial score (nSPS) is 58.3. The van der Waals surface area contributed by atoms with Crippen LogP contribution in [0.4, 0.5) is 0 Å². The average molecular weight is 254 g/mol. The van der Waals surface area contributed by atoms with Crippen LogP contribution >= 0.6 is 0 Å². The topological polar surface area (TPSA) is 49.7 Å². The molecular formula is C15H26O3. The SMILES string of the molecule is CC1C[C@@H](O)C2[C@H]1C[C@@H]1C(O)C[C@@]2(C)OC1(C)C. The molecule has 2 heterocycles. The van der Waals surface area contributed by atoms with Gasteiger partial charge in [-0.1, -0.05) is 6.92 Å². The number of ether oxygens (including phenoxy) is 1. The maximum absolute atomic E-state index is 10.4. The maximum Gasteiger partial charge on any atom is 0.0742 e. The highest BCUT2D eigenvalue weighted by Gasteiger charge is 2.61. The summed E-state index contributed by atoms with van der Waals surface area (Å²) >= 11 is 0. The van der Waals surface area contributed by atoms with Crippen molar-refractivity contribution in [2.75, 3.05) is 0 Å². The first-order valence-electron chi connectivity index (χ1n) is 7.31. The van der Waals surface area contributed by atoms with Crippen LogP contribution in [0.5, 0.6) is 0 Å². The number of hydrogen-bond acceptors (Lipinski definition) is 3. The van der Waals surface area contributed by atoms with Gasteiger partial charge < -0.3 is 14.9 Å². The third kappa shape index (κ3) is 1.60. The monoisotopic (exact) mass is 254 g/mol. The van der Waals surface area contributed by atoms with Crippen molar-refractivity contribution >= 4 is 0 Å². The summed E-state index contributed by atoms with van der Waals surface area (Å²) in [5.74, 6) is 1.42. The molecule has 3 nitrogen and oxygen atoms in total. The first kappa shape index (κ1) is 12.9. The molecule has 7 atom stereocenters. The Hall–Kier alpha value is -0.120. The molecule has 4 rings (SSSR count). The molecule has 0 aromatic rings. The van der Waals surface area contributed by atoms with Crippen molar-refractivity contribution in [1.82, 2.24) is 0 Å². The van der Waals surface area contributed by atoms with Crippen molar-refractivity contribution < 1.29 is 14.9 Å². The molecular weight excluding hydrogens is 228 g/mol. The van der Waals surface area contributed by atoms with Crippen molar-refractivity contribution in [3.63, 3.8) is 0 Å². The fourth-order valence-corrected chi connectivity index (χ4v) is 5.26. The molecule has 4 aliphatic rings. The summed E-state index contributed by atoms with van der Waals surface area (Å²) in [6, 6.07) is 0. The molecule has 0 amide bonds. The van der Waals surface area contributed by atoms with Gasteiger partial charge in [-0.25, -0.2) is 0 Å². The van der Waals surface area contributed by atoms with E-state index in [0.29, 0.717) is 18.3 Å². The molecule has 18 heavy (non-hydrogen) atoms. The van der Waals surface area contributed by atoms with Gasteiger partial charge in [-0.2, -0.15) is 0 Å². The molecule has 3 unspecified atom stereocenters. The van der Waals surface area contributed by atoms with E-state index >= 15 is 0 Å². The predicted octanol–water partition coefficient (Wildman–Crippen LogP) is 1.96. The van der Waals surface area contributed by atoms with Gasteiger partial charge in [0.1, 0.15) is 0 Å². The van der Waals surface area contributed by atoms with E-state index in [9.17, 15) is 10.2 Å². The van der Waals surface area contributed by atoms with Crippen LogP contribution in [0.2, 0.25) is 0 Å². The lowest BCUT2D eigenvalue weighted by molar-refractivity contribution is -0.238. The molecule has 104 valence electrons. The standard InChI is InChI=1S/C15H26O3/c1-8-5-11(16)13-9(8)6-10-12(17)7-15(13,4)18-14(10,2)3/h8-13,16-17H,5-7H2,1-4H3/t8?,9-,10+,11+,12?,13?,15+/m0/s1. The summed E-state index contributed by atoms with van der Waals surface area (Å²) in [5.41, 5.74) is -0.652. The van der Waals surface area contributed by atoms with Crippen LogP contribution in [-0.2, 0) is 4.74 Å². The summed E-state index contributed by atoms with van der Waals surface area (Å²) in [4.78, 5) is 0. The third-order valence-corrected chi connectivity index (χ3v) is 5.92. The molecule has 0 spiro atoms. The Bertz CT molecular complexity index is 354. The van der Waals surface area contributed by atoms with Gasteiger partial charge >= 0.3 is 0 Å². The highest BCUT2D eigenvalue weighted by molar-refractivity contribution is 5.10. The summed E-state index contributed by atoms with van der Waals surface area (Å²) in [5, 5.41) is 20.8. The molecule has 2 aliphatic carbocycles. The van der Waals surface area contributed by atoms with E-state index in [2.05, 4.69) is 27.7 Å². The number of aliphatic hydroxyl groups is 2. The summed E-state index contributed by atoms with van der Waals surface area (Å²) in [7, 11) is 0. The first-order valence-corrected chi connectivity index (χ1v) is 7.31. The zero-order chi connectivity index (χ0) is 13.3. The summed E-state index contributed by atoms with van der Waals surface area (Å²) < 4.78 is 6.37. The number of hydrogen-bond donors (Lipinski definition) is 2. The van der Waals surface area contributed by atoms with Gasteiger partial charge in [-0.3, -0.25) is 0 Å². The predicted molar refractivity (Wildman–Crippen MR) is 69.1 cm³/mol. The highest BCUT2D eigenvalue weighted by atomic mass is 16.5. The summed E-state index contributed by atoms with van der Waals surface area (Å²) in [6.07, 6.45) is 1.99. The highest BCUT2D eigenvalue weighted by Crippen LogP contribution is 2.58. The van der Waals surface area contributed by atoms with Crippen LogP contribution < -0.4 is 0 Å². The quantitative estimate of drug-likeness (QED) is 0.695. The van der Waals surface area contributed by atoms with Crippen molar-refractivity contribution in [2.24, 2.45) is 23.7 Å². The first-order chi connectivity index (χ1) is 8.24. The zero-order valence-corrected chi connectivity index (χ0v) is 11.9. The molecule has 2 bridgehead atoms. The van der Waals surface area contributed by atoms with E-state index in [1.165, 1.54) is 0 Å². The van der Waals surface area contributed by atoms with E-state index in [1.807, 2.05) is 0 Å². The largest absolute Gasteiger partial charge is 0.393 e. The van der Waals surface area contributed by atoms with Gasteiger partial charge in [-0.15, -0.1) is 0 Å². The summed E-state index contributed by atoms with van der Waals surface area (Å²) in [6.45, 7) is 8.52. The van der Waals surface area contributed by atoms with Gasteiger partial charge in [-0.05, 0) is 45.4 Å². The van der Waals surface area contributed by atoms with Gasteiger partial charge in [0.05, 0.1) is 23.4 Å². The minimum atomic E-state index is -0.370. The van der Waals surface area contributed by atoms with Gasteiger partial charge in [0, 0.05) is 18.3 Å². The van der Waals surface area contributed by atoms with Crippen molar-refractivity contribution in [3.05, 3.63) is 0 Å². The van der Waals surface area contributed by atoms with Crippen molar-refractivity contribution in [2.45, 2.75) is 70.4 Å². The lowest BCUT2D eigenvalue weighted by atomic mass is 9.76. The smallest absolute Gasteiger partial charge is 0.0742 e. The van der Waals surface area contributed by atoms with Crippen LogP contribution in [-0.4, -0.2) is 33.6 Å². The van der Waals surface area contributed by atoms with E-state index in [0.717, 1.165) is 12.8 Å². The molecule has 3 heteroatoms. The molecule has 0 aromatic carbocycles. The van der Waals surface area contributed by atoms with Crippen molar-refractivity contribution in [3.8, 4) is 0 Å². The Morgan fingerprint density at radius 3 is 2.33 bits per heavy atom. The molecule has 2 saturated heterocycles. The molecule has 2 N–H and O–H groups in total. The van der Waals surface area contributed by atoms with Crippen LogP contribution in [0.3, 0.4) is 0 Å². The van der Waals surface area contributed by atoms with E-state index in [-0.39, 0.29) is 35.2 Å². The van der Waals surface area contributed by atoms with Crippen molar-refractivity contribution in [1.29, 1.82) is 0 Å². The second-order valence-corrected chi connectivity index (χ2v) is 7.60. The minimum Gasteiger partial charge on any atom is -0.393 e. The fourth-order valence-electron chi connectivity index (χ4n) is 5.26. The second kappa shape index (κ2) is 3.71. The van der Waals surface area contributed by atoms with E-state index < -0.39 is 0 Å². The lowest BCUT2D eigenvalue weighted by Crippen LogP contribution is -2.56. The van der Waals surface area contributed by atoms with Gasteiger partial charge in [0.15, 0.2) is 0 Å². The molecule has 0 radical (unpaired) electrons. The fraction of sp³-hybridized carbons (Fsp3) is 1.00. The van der Waals surface area contributed by atoms with Gasteiger partial charge in [0.25, 0.3) is 0 Å². The molecule has 0 aromatic heterocycles. The number of fused-ring (bicyclic) bond motifs is 2. The minimum absolute atomic E-state index is 0.189.